The summed E-state index contributed by atoms with van der Waals surface area (Å²) in [6, 6.07) is 103. The third-order valence-electron chi connectivity index (χ3n) is 14.3. The summed E-state index contributed by atoms with van der Waals surface area (Å²) < 4.78 is 5.01. The van der Waals surface area contributed by atoms with Crippen LogP contribution in [0.15, 0.2) is 279 Å². The van der Waals surface area contributed by atoms with E-state index in [1.165, 1.54) is 97.7 Å². The van der Waals surface area contributed by atoms with E-state index < -0.39 is 8.07 Å². The van der Waals surface area contributed by atoms with E-state index in [-0.39, 0.29) is 0 Å². The van der Waals surface area contributed by atoms with Gasteiger partial charge in [-0.2, -0.15) is 0 Å². The number of aromatic nitrogens is 2. The topological polar surface area (TPSA) is 9.86 Å². The first-order chi connectivity index (χ1) is 34.3. The zero-order valence-electron chi connectivity index (χ0n) is 38.0. The first-order valence-corrected chi connectivity index (χ1v) is 25.8. The minimum absolute atomic E-state index is 1.14. The Bertz CT molecular complexity index is 3940. The van der Waals surface area contributed by atoms with Crippen LogP contribution in [0, 0.1) is 0 Å². The van der Waals surface area contributed by atoms with Crippen LogP contribution in [0.25, 0.3) is 88.4 Å². The van der Waals surface area contributed by atoms with Gasteiger partial charge in [-0.1, -0.05) is 237 Å². The molecule has 69 heavy (non-hydrogen) atoms. The highest BCUT2D eigenvalue weighted by molar-refractivity contribution is 7.19. The second-order valence-corrected chi connectivity index (χ2v) is 21.8. The summed E-state index contributed by atoms with van der Waals surface area (Å²) in [4.78, 5) is 0. The standard InChI is InChI=1S/C66H46N2Si/c1-5-22-47(23-6-1)48-42-44-53(45-43-48)69(51-27-9-3-10-28-51,52-29-11-4-12-30-52)54-31-19-26-50(46-54)67-60-37-17-16-35-59(60)66-63(67)40-21-41-64(66)68-61-38-18-15-34-58(61)65-57(36-20-39-62(65)68)56-33-14-13-32-55(56)49-24-7-2-8-25-49/h1-46H. The van der Waals surface area contributed by atoms with Gasteiger partial charge in [-0.3, -0.25) is 0 Å². The van der Waals surface area contributed by atoms with Crippen molar-refractivity contribution in [2.75, 3.05) is 0 Å². The smallest absolute Gasteiger partial charge is 0.179 e. The van der Waals surface area contributed by atoms with Crippen molar-refractivity contribution < 1.29 is 0 Å². The molecule has 0 aliphatic carbocycles. The molecule has 3 heteroatoms. The van der Waals surface area contributed by atoms with Gasteiger partial charge in [0.1, 0.15) is 0 Å². The maximum absolute atomic E-state index is 2.90. The molecule has 0 saturated heterocycles. The number of fused-ring (bicyclic) bond motifs is 6. The van der Waals surface area contributed by atoms with E-state index in [9.17, 15) is 0 Å². The summed E-state index contributed by atoms with van der Waals surface area (Å²) in [7, 11) is -2.90. The lowest BCUT2D eigenvalue weighted by Crippen LogP contribution is -2.74. The first kappa shape index (κ1) is 40.5. The van der Waals surface area contributed by atoms with E-state index in [0.29, 0.717) is 0 Å². The Kier molecular flexibility index (Phi) is 9.88. The van der Waals surface area contributed by atoms with Gasteiger partial charge in [-0.25, -0.2) is 0 Å². The number of nitrogens with zero attached hydrogens (tertiary/aromatic N) is 2. The lowest BCUT2D eigenvalue weighted by atomic mass is 9.92. The van der Waals surface area contributed by atoms with E-state index in [1.807, 2.05) is 0 Å². The minimum Gasteiger partial charge on any atom is -0.309 e. The van der Waals surface area contributed by atoms with Crippen molar-refractivity contribution in [1.82, 2.24) is 9.13 Å². The van der Waals surface area contributed by atoms with Gasteiger partial charge in [0, 0.05) is 27.2 Å². The molecule has 0 aliphatic rings. The average molecular weight is 895 g/mol. The van der Waals surface area contributed by atoms with E-state index >= 15 is 0 Å². The highest BCUT2D eigenvalue weighted by atomic mass is 28.3. The van der Waals surface area contributed by atoms with Gasteiger partial charge < -0.3 is 9.13 Å². The van der Waals surface area contributed by atoms with Crippen LogP contribution in [0.2, 0.25) is 0 Å². The molecule has 0 radical (unpaired) electrons. The van der Waals surface area contributed by atoms with Gasteiger partial charge in [0.25, 0.3) is 0 Å². The summed E-state index contributed by atoms with van der Waals surface area (Å²) in [5.41, 5.74) is 14.3. The van der Waals surface area contributed by atoms with Gasteiger partial charge in [0.05, 0.1) is 27.8 Å². The van der Waals surface area contributed by atoms with Crippen LogP contribution in [-0.2, 0) is 0 Å². The molecular formula is C66H46N2Si. The Morgan fingerprint density at radius 3 is 1.35 bits per heavy atom. The Morgan fingerprint density at radius 1 is 0.246 bits per heavy atom. The molecule has 0 N–H and O–H groups in total. The molecule has 0 atom stereocenters. The normalized spacial score (nSPS) is 11.8. The maximum Gasteiger partial charge on any atom is 0.179 e. The Balaban J connectivity index is 1.05. The molecule has 11 aromatic carbocycles. The summed E-state index contributed by atoms with van der Waals surface area (Å²) in [5, 5.41) is 10.3. The largest absolute Gasteiger partial charge is 0.309 e. The molecule has 324 valence electrons. The highest BCUT2D eigenvalue weighted by Gasteiger charge is 2.41. The summed E-state index contributed by atoms with van der Waals surface area (Å²) in [6.45, 7) is 0. The van der Waals surface area contributed by atoms with Crippen LogP contribution in [0.3, 0.4) is 0 Å². The van der Waals surface area contributed by atoms with Gasteiger partial charge in [-0.15, -0.1) is 0 Å². The molecule has 0 fully saturated rings. The molecule has 13 rings (SSSR count). The molecule has 2 heterocycles. The molecule has 0 saturated carbocycles. The second-order valence-electron chi connectivity index (χ2n) is 18.0. The molecule has 0 spiro atoms. The predicted molar refractivity (Wildman–Crippen MR) is 295 cm³/mol. The number of para-hydroxylation sites is 2. The Morgan fingerprint density at radius 2 is 0.681 bits per heavy atom. The van der Waals surface area contributed by atoms with Gasteiger partial charge in [-0.05, 0) is 96.6 Å². The molecule has 2 nitrogen and oxygen atoms in total. The number of hydrogen-bond donors (Lipinski definition) is 0. The van der Waals surface area contributed by atoms with Gasteiger partial charge in [0.15, 0.2) is 8.07 Å². The summed E-state index contributed by atoms with van der Waals surface area (Å²) in [5.74, 6) is 0. The monoisotopic (exact) mass is 894 g/mol. The van der Waals surface area contributed by atoms with Crippen molar-refractivity contribution >= 4 is 72.4 Å². The fourth-order valence-electron chi connectivity index (χ4n) is 11.4. The third kappa shape index (κ3) is 6.54. The van der Waals surface area contributed by atoms with Crippen molar-refractivity contribution in [2.45, 2.75) is 0 Å². The third-order valence-corrected chi connectivity index (χ3v) is 19.1. The highest BCUT2D eigenvalue weighted by Crippen LogP contribution is 2.44. The predicted octanol–water partition coefficient (Wildman–Crippen LogP) is 14.3. The van der Waals surface area contributed by atoms with Crippen LogP contribution < -0.4 is 20.7 Å². The second kappa shape index (κ2) is 16.8. The molecule has 13 aromatic rings. The molecule has 0 aliphatic heterocycles. The zero-order chi connectivity index (χ0) is 45.7. The lowest BCUT2D eigenvalue weighted by molar-refractivity contribution is 1.17. The number of rotatable bonds is 9. The average Bonchev–Trinajstić information content (AvgIpc) is 3.96. The SMILES string of the molecule is c1ccc(-c2ccc([Si](c3ccccc3)(c3ccccc3)c3cccc(-n4c5ccccc5c5c(-n6c7ccccc7c7c(-c8ccccc8-c8ccccc8)cccc76)cccc54)c3)cc2)cc1. The zero-order valence-corrected chi connectivity index (χ0v) is 39.0. The van der Waals surface area contributed by atoms with E-state index in [0.717, 1.165) is 11.4 Å². The molecular weight excluding hydrogens is 849 g/mol. The van der Waals surface area contributed by atoms with Crippen molar-refractivity contribution in [3.63, 3.8) is 0 Å². The lowest BCUT2D eigenvalue weighted by Gasteiger charge is -2.35. The van der Waals surface area contributed by atoms with E-state index in [2.05, 4.69) is 288 Å². The van der Waals surface area contributed by atoms with Crippen molar-refractivity contribution in [3.8, 4) is 44.8 Å². The van der Waals surface area contributed by atoms with Crippen molar-refractivity contribution in [3.05, 3.63) is 279 Å². The number of benzene rings is 11. The van der Waals surface area contributed by atoms with Crippen molar-refractivity contribution in [2.24, 2.45) is 0 Å². The van der Waals surface area contributed by atoms with Crippen molar-refractivity contribution in [1.29, 1.82) is 0 Å². The van der Waals surface area contributed by atoms with Crippen LogP contribution in [0.1, 0.15) is 0 Å². The number of hydrogen-bond acceptors (Lipinski definition) is 0. The van der Waals surface area contributed by atoms with Crippen LogP contribution in [0.4, 0.5) is 0 Å². The maximum atomic E-state index is 2.51. The van der Waals surface area contributed by atoms with E-state index in [4.69, 9.17) is 0 Å². The summed E-state index contributed by atoms with van der Waals surface area (Å²) in [6.07, 6.45) is 0. The molecule has 0 unspecified atom stereocenters. The quantitative estimate of drug-likeness (QED) is 0.101. The molecule has 0 amide bonds. The summed E-state index contributed by atoms with van der Waals surface area (Å²) >= 11 is 0. The van der Waals surface area contributed by atoms with Crippen LogP contribution >= 0.6 is 0 Å². The minimum atomic E-state index is -2.90. The Labute approximate surface area is 403 Å². The fourth-order valence-corrected chi connectivity index (χ4v) is 16.1. The van der Waals surface area contributed by atoms with Crippen LogP contribution in [0.5, 0.6) is 0 Å². The van der Waals surface area contributed by atoms with Gasteiger partial charge in [0.2, 0.25) is 0 Å². The van der Waals surface area contributed by atoms with E-state index in [1.54, 1.807) is 0 Å². The molecule has 0 bridgehead atoms. The Hall–Kier alpha value is -8.76. The van der Waals surface area contributed by atoms with Gasteiger partial charge >= 0.3 is 0 Å². The first-order valence-electron chi connectivity index (χ1n) is 23.8. The fraction of sp³-hybridized carbons (Fsp3) is 0. The molecule has 2 aromatic heterocycles. The van der Waals surface area contributed by atoms with Crippen LogP contribution in [-0.4, -0.2) is 17.2 Å².